The quantitative estimate of drug-likeness (QED) is 0.789. The predicted molar refractivity (Wildman–Crippen MR) is 71.6 cm³/mol. The fourth-order valence-electron chi connectivity index (χ4n) is 1.63. The van der Waals surface area contributed by atoms with Gasteiger partial charge in [0.05, 0.1) is 0 Å². The lowest BCUT2D eigenvalue weighted by Crippen LogP contribution is -2.11. The second kappa shape index (κ2) is 5.94. The molecule has 2 aromatic rings. The van der Waals surface area contributed by atoms with E-state index in [1.54, 1.807) is 0 Å². The lowest BCUT2D eigenvalue weighted by Gasteiger charge is -2.10. The maximum atomic E-state index is 5.70. The van der Waals surface area contributed by atoms with Gasteiger partial charge in [-0.1, -0.05) is 36.4 Å². The zero-order chi connectivity index (χ0) is 11.9. The van der Waals surface area contributed by atoms with Crippen molar-refractivity contribution in [2.24, 2.45) is 0 Å². The number of para-hydroxylation sites is 2. The maximum absolute atomic E-state index is 5.70. The summed E-state index contributed by atoms with van der Waals surface area (Å²) in [6.45, 7) is 3.53. The molecule has 2 heteroatoms. The SMILES string of the molecule is Cc1ccccc1OCCNc1ccccc1. The van der Waals surface area contributed by atoms with Crippen molar-refractivity contribution in [3.8, 4) is 5.75 Å². The van der Waals surface area contributed by atoms with Gasteiger partial charge < -0.3 is 10.1 Å². The van der Waals surface area contributed by atoms with Gasteiger partial charge in [0.1, 0.15) is 12.4 Å². The average molecular weight is 227 g/mol. The summed E-state index contributed by atoms with van der Waals surface area (Å²) in [4.78, 5) is 0. The Morgan fingerprint density at radius 2 is 1.65 bits per heavy atom. The van der Waals surface area contributed by atoms with E-state index in [0.717, 1.165) is 18.0 Å². The van der Waals surface area contributed by atoms with Crippen LogP contribution in [0.1, 0.15) is 5.56 Å². The molecule has 0 fully saturated rings. The molecular weight excluding hydrogens is 210 g/mol. The van der Waals surface area contributed by atoms with Crippen LogP contribution < -0.4 is 10.1 Å². The second-order valence-corrected chi connectivity index (χ2v) is 3.91. The molecule has 0 aliphatic heterocycles. The van der Waals surface area contributed by atoms with Gasteiger partial charge in [0.25, 0.3) is 0 Å². The van der Waals surface area contributed by atoms with Gasteiger partial charge in [-0.2, -0.15) is 0 Å². The van der Waals surface area contributed by atoms with E-state index in [4.69, 9.17) is 4.74 Å². The third-order valence-electron chi connectivity index (χ3n) is 2.56. The number of aryl methyl sites for hydroxylation is 1. The van der Waals surface area contributed by atoms with Crippen LogP contribution in [0.3, 0.4) is 0 Å². The second-order valence-electron chi connectivity index (χ2n) is 3.91. The van der Waals surface area contributed by atoms with Gasteiger partial charge in [0.2, 0.25) is 0 Å². The summed E-state index contributed by atoms with van der Waals surface area (Å²) >= 11 is 0. The number of ether oxygens (including phenoxy) is 1. The first-order valence-corrected chi connectivity index (χ1v) is 5.83. The number of hydrogen-bond acceptors (Lipinski definition) is 2. The molecule has 0 aliphatic carbocycles. The lowest BCUT2D eigenvalue weighted by atomic mass is 10.2. The Balaban J connectivity index is 1.76. The molecule has 2 rings (SSSR count). The van der Waals surface area contributed by atoms with Crippen LogP contribution in [0.2, 0.25) is 0 Å². The predicted octanol–water partition coefficient (Wildman–Crippen LogP) is 3.49. The molecule has 0 saturated heterocycles. The molecule has 0 bridgehead atoms. The van der Waals surface area contributed by atoms with Crippen LogP contribution in [-0.2, 0) is 0 Å². The van der Waals surface area contributed by atoms with Gasteiger partial charge in [-0.3, -0.25) is 0 Å². The Labute approximate surface area is 102 Å². The summed E-state index contributed by atoms with van der Waals surface area (Å²) in [5.74, 6) is 0.961. The van der Waals surface area contributed by atoms with E-state index in [-0.39, 0.29) is 0 Å². The van der Waals surface area contributed by atoms with Crippen LogP contribution in [0.25, 0.3) is 0 Å². The van der Waals surface area contributed by atoms with Gasteiger partial charge in [-0.25, -0.2) is 0 Å². The van der Waals surface area contributed by atoms with E-state index in [9.17, 15) is 0 Å². The molecule has 2 aromatic carbocycles. The van der Waals surface area contributed by atoms with Crippen LogP contribution in [0.5, 0.6) is 5.75 Å². The lowest BCUT2D eigenvalue weighted by molar-refractivity contribution is 0.330. The Bertz CT molecular complexity index is 453. The molecule has 0 aromatic heterocycles. The molecule has 2 nitrogen and oxygen atoms in total. The molecule has 17 heavy (non-hydrogen) atoms. The highest BCUT2D eigenvalue weighted by Crippen LogP contribution is 2.15. The fraction of sp³-hybridized carbons (Fsp3) is 0.200. The van der Waals surface area contributed by atoms with Crippen LogP contribution in [0.4, 0.5) is 5.69 Å². The highest BCUT2D eigenvalue weighted by atomic mass is 16.5. The van der Waals surface area contributed by atoms with Crippen molar-refractivity contribution >= 4 is 5.69 Å². The van der Waals surface area contributed by atoms with Crippen LogP contribution in [0, 0.1) is 6.92 Å². The summed E-state index contributed by atoms with van der Waals surface area (Å²) in [5, 5.41) is 3.31. The first-order chi connectivity index (χ1) is 8.36. The third-order valence-corrected chi connectivity index (χ3v) is 2.56. The molecule has 0 amide bonds. The first-order valence-electron chi connectivity index (χ1n) is 5.83. The number of rotatable bonds is 5. The highest BCUT2D eigenvalue weighted by molar-refractivity contribution is 5.42. The van der Waals surface area contributed by atoms with Crippen LogP contribution >= 0.6 is 0 Å². The highest BCUT2D eigenvalue weighted by Gasteiger charge is 1.96. The Morgan fingerprint density at radius 1 is 0.941 bits per heavy atom. The third kappa shape index (κ3) is 3.52. The Hall–Kier alpha value is -1.96. The van der Waals surface area contributed by atoms with Gasteiger partial charge in [0.15, 0.2) is 0 Å². The molecule has 0 aliphatic rings. The van der Waals surface area contributed by atoms with Crippen molar-refractivity contribution in [2.45, 2.75) is 6.92 Å². The summed E-state index contributed by atoms with van der Waals surface area (Å²) in [6, 6.07) is 18.2. The molecule has 1 N–H and O–H groups in total. The summed E-state index contributed by atoms with van der Waals surface area (Å²) in [5.41, 5.74) is 2.30. The molecule has 0 spiro atoms. The topological polar surface area (TPSA) is 21.3 Å². The molecule has 0 atom stereocenters. The van der Waals surface area contributed by atoms with E-state index in [1.807, 2.05) is 48.5 Å². The van der Waals surface area contributed by atoms with E-state index in [0.29, 0.717) is 6.61 Å². The standard InChI is InChI=1S/C15H17NO/c1-13-7-5-6-10-15(13)17-12-11-16-14-8-3-2-4-9-14/h2-10,16H,11-12H2,1H3. The van der Waals surface area contributed by atoms with E-state index in [2.05, 4.69) is 18.3 Å². The zero-order valence-corrected chi connectivity index (χ0v) is 10.0. The first kappa shape index (κ1) is 11.5. The van der Waals surface area contributed by atoms with Crippen LogP contribution in [0.15, 0.2) is 54.6 Å². The monoisotopic (exact) mass is 227 g/mol. The fourth-order valence-corrected chi connectivity index (χ4v) is 1.63. The minimum Gasteiger partial charge on any atom is -0.491 e. The largest absolute Gasteiger partial charge is 0.491 e. The Kier molecular flexibility index (Phi) is 4.03. The molecular formula is C15H17NO. The number of hydrogen-bond donors (Lipinski definition) is 1. The van der Waals surface area contributed by atoms with Gasteiger partial charge in [-0.05, 0) is 30.7 Å². The summed E-state index contributed by atoms with van der Waals surface area (Å²) < 4.78 is 5.70. The number of benzene rings is 2. The summed E-state index contributed by atoms with van der Waals surface area (Å²) in [6.07, 6.45) is 0. The smallest absolute Gasteiger partial charge is 0.122 e. The zero-order valence-electron chi connectivity index (χ0n) is 10.0. The maximum Gasteiger partial charge on any atom is 0.122 e. The van der Waals surface area contributed by atoms with Gasteiger partial charge >= 0.3 is 0 Å². The van der Waals surface area contributed by atoms with Gasteiger partial charge in [0, 0.05) is 12.2 Å². The van der Waals surface area contributed by atoms with Crippen molar-refractivity contribution in [2.75, 3.05) is 18.5 Å². The molecule has 0 saturated carbocycles. The normalized spacial score (nSPS) is 9.94. The van der Waals surface area contributed by atoms with Crippen molar-refractivity contribution in [1.82, 2.24) is 0 Å². The van der Waals surface area contributed by atoms with Crippen molar-refractivity contribution < 1.29 is 4.74 Å². The molecule has 0 unspecified atom stereocenters. The van der Waals surface area contributed by atoms with E-state index >= 15 is 0 Å². The van der Waals surface area contributed by atoms with Crippen molar-refractivity contribution in [3.63, 3.8) is 0 Å². The number of nitrogens with one attached hydrogen (secondary N) is 1. The average Bonchev–Trinajstić information content (AvgIpc) is 2.38. The summed E-state index contributed by atoms with van der Waals surface area (Å²) in [7, 11) is 0. The minimum atomic E-state index is 0.666. The van der Waals surface area contributed by atoms with E-state index < -0.39 is 0 Å². The van der Waals surface area contributed by atoms with Crippen molar-refractivity contribution in [1.29, 1.82) is 0 Å². The van der Waals surface area contributed by atoms with Gasteiger partial charge in [-0.15, -0.1) is 0 Å². The molecule has 0 heterocycles. The van der Waals surface area contributed by atoms with E-state index in [1.165, 1.54) is 5.56 Å². The van der Waals surface area contributed by atoms with Crippen LogP contribution in [-0.4, -0.2) is 13.2 Å². The molecule has 0 radical (unpaired) electrons. The molecule has 88 valence electrons. The minimum absolute atomic E-state index is 0.666. The Morgan fingerprint density at radius 3 is 2.41 bits per heavy atom. The van der Waals surface area contributed by atoms with Crippen molar-refractivity contribution in [3.05, 3.63) is 60.2 Å². The number of anilines is 1.